The first kappa shape index (κ1) is 14.9. The first-order valence-corrected chi connectivity index (χ1v) is 8.09. The Hall–Kier alpha value is -0.540. The predicted octanol–water partition coefficient (Wildman–Crippen LogP) is 4.17. The van der Waals surface area contributed by atoms with Gasteiger partial charge in [-0.05, 0) is 68.3 Å². The number of nitrogens with one attached hydrogen (secondary N) is 1. The van der Waals surface area contributed by atoms with Gasteiger partial charge in [0.05, 0.1) is 7.11 Å². The normalized spacial score (nSPS) is 16.4. The summed E-state index contributed by atoms with van der Waals surface area (Å²) in [6.45, 7) is 3.29. The van der Waals surface area contributed by atoms with E-state index in [1.165, 1.54) is 35.7 Å². The average Bonchev–Trinajstić information content (AvgIpc) is 3.24. The zero-order valence-electron chi connectivity index (χ0n) is 11.9. The molecule has 2 rings (SSSR count). The monoisotopic (exact) mass is 325 g/mol. The van der Waals surface area contributed by atoms with Gasteiger partial charge in [0.2, 0.25) is 0 Å². The van der Waals surface area contributed by atoms with E-state index in [-0.39, 0.29) is 0 Å². The zero-order valence-corrected chi connectivity index (χ0v) is 13.5. The van der Waals surface area contributed by atoms with E-state index in [1.54, 1.807) is 7.11 Å². The molecule has 0 aromatic heterocycles. The minimum Gasteiger partial charge on any atom is -0.497 e. The number of rotatable bonds is 8. The van der Waals surface area contributed by atoms with Crippen LogP contribution in [-0.4, -0.2) is 19.7 Å². The molecular formula is C16H24BrNO. The molecule has 0 radical (unpaired) electrons. The lowest BCUT2D eigenvalue weighted by Gasteiger charge is -2.17. The van der Waals surface area contributed by atoms with Crippen LogP contribution in [0.4, 0.5) is 0 Å². The van der Waals surface area contributed by atoms with E-state index in [0.717, 1.165) is 30.7 Å². The number of methoxy groups -OCH3 is 1. The van der Waals surface area contributed by atoms with Gasteiger partial charge >= 0.3 is 0 Å². The molecule has 1 aromatic carbocycles. The summed E-state index contributed by atoms with van der Waals surface area (Å²) in [7, 11) is 1.72. The van der Waals surface area contributed by atoms with Crippen LogP contribution in [-0.2, 0) is 6.42 Å². The lowest BCUT2D eigenvalue weighted by molar-refractivity contribution is 0.413. The van der Waals surface area contributed by atoms with E-state index in [4.69, 9.17) is 4.74 Å². The van der Waals surface area contributed by atoms with Crippen LogP contribution in [0.5, 0.6) is 5.75 Å². The Labute approximate surface area is 125 Å². The molecule has 3 heteroatoms. The van der Waals surface area contributed by atoms with Gasteiger partial charge in [0, 0.05) is 10.5 Å². The molecule has 19 heavy (non-hydrogen) atoms. The third-order valence-corrected chi connectivity index (χ3v) is 4.65. The molecule has 1 saturated carbocycles. The van der Waals surface area contributed by atoms with E-state index in [1.807, 2.05) is 6.07 Å². The fourth-order valence-electron chi connectivity index (χ4n) is 2.65. The van der Waals surface area contributed by atoms with Crippen LogP contribution in [0.3, 0.4) is 0 Å². The Kier molecular flexibility index (Phi) is 5.71. The maximum absolute atomic E-state index is 5.29. The Morgan fingerprint density at radius 2 is 2.21 bits per heavy atom. The summed E-state index contributed by atoms with van der Waals surface area (Å²) in [4.78, 5) is 0. The maximum Gasteiger partial charge on any atom is 0.119 e. The summed E-state index contributed by atoms with van der Waals surface area (Å²) < 4.78 is 6.49. The Balaban J connectivity index is 1.84. The molecule has 0 spiro atoms. The van der Waals surface area contributed by atoms with Gasteiger partial charge < -0.3 is 10.1 Å². The fraction of sp³-hybridized carbons (Fsp3) is 0.625. The van der Waals surface area contributed by atoms with Gasteiger partial charge in [-0.2, -0.15) is 0 Å². The molecule has 1 atom stereocenters. The fourth-order valence-corrected chi connectivity index (χ4v) is 3.09. The highest BCUT2D eigenvalue weighted by Crippen LogP contribution is 2.35. The van der Waals surface area contributed by atoms with E-state index in [0.29, 0.717) is 0 Å². The molecule has 1 aromatic rings. The van der Waals surface area contributed by atoms with Crippen molar-refractivity contribution < 1.29 is 4.74 Å². The lowest BCUT2D eigenvalue weighted by atomic mass is 10.0. The summed E-state index contributed by atoms with van der Waals surface area (Å²) in [5, 5.41) is 3.63. The van der Waals surface area contributed by atoms with Crippen molar-refractivity contribution >= 4 is 15.9 Å². The molecule has 2 nitrogen and oxygen atoms in total. The van der Waals surface area contributed by atoms with Crippen LogP contribution in [0.15, 0.2) is 22.7 Å². The van der Waals surface area contributed by atoms with Gasteiger partial charge in [-0.1, -0.05) is 22.9 Å². The number of hydrogen-bond donors (Lipinski definition) is 1. The van der Waals surface area contributed by atoms with Gasteiger partial charge in [-0.15, -0.1) is 0 Å². The summed E-state index contributed by atoms with van der Waals surface area (Å²) in [6.07, 6.45) is 6.47. The molecule has 0 saturated heterocycles. The van der Waals surface area contributed by atoms with Crippen molar-refractivity contribution in [3.05, 3.63) is 28.2 Å². The van der Waals surface area contributed by atoms with Crippen molar-refractivity contribution in [2.45, 2.75) is 45.1 Å². The second-order valence-corrected chi connectivity index (χ2v) is 6.21. The van der Waals surface area contributed by atoms with Gasteiger partial charge in [-0.25, -0.2) is 0 Å². The quantitative estimate of drug-likeness (QED) is 0.774. The number of halogens is 1. The van der Waals surface area contributed by atoms with E-state index >= 15 is 0 Å². The van der Waals surface area contributed by atoms with Gasteiger partial charge in [0.25, 0.3) is 0 Å². The zero-order chi connectivity index (χ0) is 13.7. The molecule has 106 valence electrons. The highest BCUT2D eigenvalue weighted by atomic mass is 79.9. The van der Waals surface area contributed by atoms with Gasteiger partial charge in [0.1, 0.15) is 5.75 Å². The summed E-state index contributed by atoms with van der Waals surface area (Å²) in [5.74, 6) is 1.89. The van der Waals surface area contributed by atoms with Crippen molar-refractivity contribution in [1.82, 2.24) is 5.32 Å². The van der Waals surface area contributed by atoms with Crippen molar-refractivity contribution in [1.29, 1.82) is 0 Å². The third-order valence-electron chi connectivity index (χ3n) is 3.87. The van der Waals surface area contributed by atoms with E-state index in [9.17, 15) is 0 Å². The largest absolute Gasteiger partial charge is 0.497 e. The first-order valence-electron chi connectivity index (χ1n) is 7.30. The molecule has 1 aliphatic rings. The summed E-state index contributed by atoms with van der Waals surface area (Å²) in [6, 6.07) is 6.95. The molecule has 0 aliphatic heterocycles. The van der Waals surface area contributed by atoms with Crippen molar-refractivity contribution in [2.75, 3.05) is 13.7 Å². The van der Waals surface area contributed by atoms with Gasteiger partial charge in [-0.3, -0.25) is 0 Å². The number of ether oxygens (including phenoxy) is 1. The minimum atomic E-state index is 0.731. The topological polar surface area (TPSA) is 21.3 Å². The lowest BCUT2D eigenvalue weighted by Crippen LogP contribution is -2.30. The van der Waals surface area contributed by atoms with Crippen LogP contribution in [0.2, 0.25) is 0 Å². The minimum absolute atomic E-state index is 0.731. The number of benzene rings is 1. The highest BCUT2D eigenvalue weighted by molar-refractivity contribution is 9.10. The van der Waals surface area contributed by atoms with Crippen LogP contribution >= 0.6 is 15.9 Å². The Morgan fingerprint density at radius 1 is 1.42 bits per heavy atom. The van der Waals surface area contributed by atoms with Crippen molar-refractivity contribution in [2.24, 2.45) is 5.92 Å². The molecular weight excluding hydrogens is 302 g/mol. The van der Waals surface area contributed by atoms with Crippen LogP contribution in [0, 0.1) is 5.92 Å². The van der Waals surface area contributed by atoms with Crippen LogP contribution in [0.25, 0.3) is 0 Å². The molecule has 0 amide bonds. The molecule has 1 aliphatic carbocycles. The van der Waals surface area contributed by atoms with E-state index in [2.05, 4.69) is 40.3 Å². The van der Waals surface area contributed by atoms with Crippen molar-refractivity contribution in [3.63, 3.8) is 0 Å². The van der Waals surface area contributed by atoms with Crippen LogP contribution in [0.1, 0.15) is 38.2 Å². The summed E-state index contributed by atoms with van der Waals surface area (Å²) >= 11 is 3.63. The Morgan fingerprint density at radius 3 is 2.84 bits per heavy atom. The second-order valence-electron chi connectivity index (χ2n) is 5.35. The second kappa shape index (κ2) is 7.30. The average molecular weight is 326 g/mol. The van der Waals surface area contributed by atoms with Crippen molar-refractivity contribution in [3.8, 4) is 5.75 Å². The van der Waals surface area contributed by atoms with Gasteiger partial charge in [0.15, 0.2) is 0 Å². The molecule has 0 bridgehead atoms. The first-order chi connectivity index (χ1) is 9.24. The molecule has 1 fully saturated rings. The smallest absolute Gasteiger partial charge is 0.119 e. The standard InChI is InChI=1S/C16H24BrNO/c1-3-18-16(12-7-8-12)6-4-5-13-11-14(19-2)9-10-15(13)17/h9-12,16,18H,3-8H2,1-2H3. The van der Waals surface area contributed by atoms with E-state index < -0.39 is 0 Å². The molecule has 0 heterocycles. The highest BCUT2D eigenvalue weighted by Gasteiger charge is 2.29. The number of aryl methyl sites for hydroxylation is 1. The molecule has 1 N–H and O–H groups in total. The van der Waals surface area contributed by atoms with Crippen LogP contribution < -0.4 is 10.1 Å². The third kappa shape index (κ3) is 4.50. The Bertz CT molecular complexity index is 404. The predicted molar refractivity (Wildman–Crippen MR) is 83.8 cm³/mol. The SMILES string of the molecule is CCNC(CCCc1cc(OC)ccc1Br)C1CC1. The molecule has 1 unspecified atom stereocenters. The number of hydrogen-bond acceptors (Lipinski definition) is 2. The summed E-state index contributed by atoms with van der Waals surface area (Å²) in [5.41, 5.74) is 1.35. The maximum atomic E-state index is 5.29.